The smallest absolute Gasteiger partial charge is 0.412 e. The number of hydrogen-bond acceptors (Lipinski definition) is 4. The Hall–Kier alpha value is -2.13. The van der Waals surface area contributed by atoms with Crippen LogP contribution in [0.1, 0.15) is 26.3 Å². The summed E-state index contributed by atoms with van der Waals surface area (Å²) < 4.78 is 5.14. The number of carbonyl (C=O) groups excluding carboxylic acids is 2. The first kappa shape index (κ1) is 13.9. The second-order valence-electron chi connectivity index (χ2n) is 4.83. The standard InChI is InChI=1S/C13H16N2O3/c1-9-5-6-10(14-8-16)7-11(9)15-12(17)18-13(2,3)4/h5-7H,1-4H3,(H,15,17). The van der Waals surface area contributed by atoms with E-state index in [2.05, 4.69) is 10.3 Å². The maximum atomic E-state index is 11.6. The first-order valence-electron chi connectivity index (χ1n) is 5.50. The summed E-state index contributed by atoms with van der Waals surface area (Å²) in [5.74, 6) is 0. The van der Waals surface area contributed by atoms with Crippen molar-refractivity contribution in [3.05, 3.63) is 23.8 Å². The molecule has 0 radical (unpaired) electrons. The summed E-state index contributed by atoms with van der Waals surface area (Å²) in [5.41, 5.74) is 1.28. The van der Waals surface area contributed by atoms with E-state index in [0.29, 0.717) is 11.4 Å². The van der Waals surface area contributed by atoms with Gasteiger partial charge < -0.3 is 4.74 Å². The van der Waals surface area contributed by atoms with Gasteiger partial charge in [-0.1, -0.05) is 6.07 Å². The highest BCUT2D eigenvalue weighted by molar-refractivity contribution is 5.86. The molecule has 0 aromatic heterocycles. The normalized spacial score (nSPS) is 10.4. The van der Waals surface area contributed by atoms with Crippen molar-refractivity contribution < 1.29 is 14.3 Å². The van der Waals surface area contributed by atoms with Gasteiger partial charge in [-0.2, -0.15) is 4.99 Å². The van der Waals surface area contributed by atoms with Crippen LogP contribution in [-0.2, 0) is 9.53 Å². The number of hydrogen-bond donors (Lipinski definition) is 1. The van der Waals surface area contributed by atoms with E-state index in [4.69, 9.17) is 4.74 Å². The maximum absolute atomic E-state index is 11.6. The molecule has 18 heavy (non-hydrogen) atoms. The molecule has 5 heteroatoms. The predicted octanol–water partition coefficient (Wildman–Crippen LogP) is 3.31. The van der Waals surface area contributed by atoms with Gasteiger partial charge in [-0.25, -0.2) is 9.59 Å². The van der Waals surface area contributed by atoms with Gasteiger partial charge in [0.2, 0.25) is 6.08 Å². The van der Waals surface area contributed by atoms with Gasteiger partial charge in [-0.3, -0.25) is 5.32 Å². The Morgan fingerprint density at radius 3 is 2.61 bits per heavy atom. The van der Waals surface area contributed by atoms with Crippen LogP contribution in [0.5, 0.6) is 0 Å². The number of benzene rings is 1. The summed E-state index contributed by atoms with van der Waals surface area (Å²) in [6.45, 7) is 7.19. The Kier molecular flexibility index (Phi) is 4.23. The van der Waals surface area contributed by atoms with E-state index < -0.39 is 11.7 Å². The van der Waals surface area contributed by atoms with Crippen molar-refractivity contribution >= 4 is 23.5 Å². The van der Waals surface area contributed by atoms with Crippen LogP contribution in [0.15, 0.2) is 23.2 Å². The van der Waals surface area contributed by atoms with Crippen molar-refractivity contribution in [2.24, 2.45) is 4.99 Å². The molecule has 0 aliphatic heterocycles. The lowest BCUT2D eigenvalue weighted by molar-refractivity contribution is 0.0636. The Labute approximate surface area is 106 Å². The van der Waals surface area contributed by atoms with Crippen LogP contribution in [0.25, 0.3) is 0 Å². The number of anilines is 1. The fourth-order valence-corrected chi connectivity index (χ4v) is 1.28. The molecule has 5 nitrogen and oxygen atoms in total. The molecule has 0 heterocycles. The number of isocyanates is 1. The zero-order chi connectivity index (χ0) is 13.8. The number of amides is 1. The lowest BCUT2D eigenvalue weighted by Gasteiger charge is -2.20. The van der Waals surface area contributed by atoms with E-state index in [0.717, 1.165) is 5.56 Å². The maximum Gasteiger partial charge on any atom is 0.412 e. The summed E-state index contributed by atoms with van der Waals surface area (Å²) in [7, 11) is 0. The summed E-state index contributed by atoms with van der Waals surface area (Å²) >= 11 is 0. The third kappa shape index (κ3) is 4.39. The minimum Gasteiger partial charge on any atom is -0.444 e. The molecule has 1 aromatic carbocycles. The summed E-state index contributed by atoms with van der Waals surface area (Å²) in [4.78, 5) is 25.3. The zero-order valence-corrected chi connectivity index (χ0v) is 10.9. The molecule has 0 bridgehead atoms. The second-order valence-corrected chi connectivity index (χ2v) is 4.83. The van der Waals surface area contributed by atoms with Crippen molar-refractivity contribution in [3.8, 4) is 0 Å². The number of aliphatic imine (C=N–C) groups is 1. The third-order valence-corrected chi connectivity index (χ3v) is 2.03. The molecule has 1 amide bonds. The third-order valence-electron chi connectivity index (χ3n) is 2.03. The lowest BCUT2D eigenvalue weighted by atomic mass is 10.2. The van der Waals surface area contributed by atoms with Gasteiger partial charge in [-0.15, -0.1) is 0 Å². The minimum absolute atomic E-state index is 0.432. The van der Waals surface area contributed by atoms with Crippen LogP contribution in [0.3, 0.4) is 0 Å². The van der Waals surface area contributed by atoms with Gasteiger partial charge in [-0.05, 0) is 45.4 Å². The molecule has 0 saturated carbocycles. The molecule has 0 aliphatic carbocycles. The van der Waals surface area contributed by atoms with Crippen molar-refractivity contribution in [1.82, 2.24) is 0 Å². The average molecular weight is 248 g/mol. The van der Waals surface area contributed by atoms with E-state index in [9.17, 15) is 9.59 Å². The number of nitrogens with one attached hydrogen (secondary N) is 1. The van der Waals surface area contributed by atoms with Gasteiger partial charge in [0.25, 0.3) is 0 Å². The fraction of sp³-hybridized carbons (Fsp3) is 0.385. The Morgan fingerprint density at radius 2 is 2.06 bits per heavy atom. The molecule has 0 saturated heterocycles. The molecule has 1 N–H and O–H groups in total. The van der Waals surface area contributed by atoms with E-state index in [-0.39, 0.29) is 0 Å². The van der Waals surface area contributed by atoms with E-state index in [1.54, 1.807) is 39.0 Å². The molecule has 1 rings (SSSR count). The molecular formula is C13H16N2O3. The average Bonchev–Trinajstić information content (AvgIpc) is 2.20. The zero-order valence-electron chi connectivity index (χ0n) is 10.9. The predicted molar refractivity (Wildman–Crippen MR) is 68.8 cm³/mol. The largest absolute Gasteiger partial charge is 0.444 e. The molecule has 0 spiro atoms. The van der Waals surface area contributed by atoms with Crippen LogP contribution in [0, 0.1) is 6.92 Å². The topological polar surface area (TPSA) is 67.8 Å². The van der Waals surface area contributed by atoms with Crippen LogP contribution >= 0.6 is 0 Å². The van der Waals surface area contributed by atoms with Gasteiger partial charge in [0.1, 0.15) is 5.60 Å². The van der Waals surface area contributed by atoms with Crippen LogP contribution < -0.4 is 5.32 Å². The van der Waals surface area contributed by atoms with Gasteiger partial charge >= 0.3 is 6.09 Å². The first-order valence-corrected chi connectivity index (χ1v) is 5.50. The molecule has 96 valence electrons. The van der Waals surface area contributed by atoms with Gasteiger partial charge in [0, 0.05) is 5.69 Å². The first-order chi connectivity index (χ1) is 8.31. The molecule has 1 aromatic rings. The molecule has 0 aliphatic rings. The highest BCUT2D eigenvalue weighted by Crippen LogP contribution is 2.22. The Bertz CT molecular complexity index is 497. The summed E-state index contributed by atoms with van der Waals surface area (Å²) in [6.07, 6.45) is 0.910. The van der Waals surface area contributed by atoms with E-state index in [1.807, 2.05) is 6.92 Å². The minimum atomic E-state index is -0.559. The monoisotopic (exact) mass is 248 g/mol. The molecule has 0 fully saturated rings. The lowest BCUT2D eigenvalue weighted by Crippen LogP contribution is -2.27. The molecular weight excluding hydrogens is 232 g/mol. The quantitative estimate of drug-likeness (QED) is 0.645. The van der Waals surface area contributed by atoms with E-state index >= 15 is 0 Å². The molecule has 0 atom stereocenters. The number of rotatable bonds is 2. The van der Waals surface area contributed by atoms with Crippen LogP contribution in [0.2, 0.25) is 0 Å². The molecule has 0 unspecified atom stereocenters. The fourth-order valence-electron chi connectivity index (χ4n) is 1.28. The van der Waals surface area contributed by atoms with E-state index in [1.165, 1.54) is 6.08 Å². The highest BCUT2D eigenvalue weighted by Gasteiger charge is 2.16. The van der Waals surface area contributed by atoms with Crippen molar-refractivity contribution in [2.75, 3.05) is 5.32 Å². The van der Waals surface area contributed by atoms with Crippen molar-refractivity contribution in [2.45, 2.75) is 33.3 Å². The Morgan fingerprint density at radius 1 is 1.39 bits per heavy atom. The second kappa shape index (κ2) is 5.47. The van der Waals surface area contributed by atoms with Crippen molar-refractivity contribution in [3.63, 3.8) is 0 Å². The highest BCUT2D eigenvalue weighted by atomic mass is 16.6. The SMILES string of the molecule is Cc1ccc(N=C=O)cc1NC(=O)OC(C)(C)C. The van der Waals surface area contributed by atoms with Crippen molar-refractivity contribution in [1.29, 1.82) is 0 Å². The van der Waals surface area contributed by atoms with Gasteiger partial charge in [0.05, 0.1) is 5.69 Å². The van der Waals surface area contributed by atoms with Gasteiger partial charge in [0.15, 0.2) is 0 Å². The van der Waals surface area contributed by atoms with Crippen LogP contribution in [0.4, 0.5) is 16.2 Å². The number of ether oxygens (including phenoxy) is 1. The number of carbonyl (C=O) groups is 1. The Balaban J connectivity index is 2.86. The summed E-state index contributed by atoms with van der Waals surface area (Å²) in [6, 6.07) is 5.01. The number of aryl methyl sites for hydroxylation is 1. The van der Waals surface area contributed by atoms with Crippen LogP contribution in [-0.4, -0.2) is 17.8 Å². The summed E-state index contributed by atoms with van der Waals surface area (Å²) in [5, 5.41) is 2.61. The number of nitrogens with zero attached hydrogens (tertiary/aromatic N) is 1.